The van der Waals surface area contributed by atoms with Crippen LogP contribution in [0.4, 0.5) is 38.0 Å². The molecule has 0 aliphatic rings. The topological polar surface area (TPSA) is 169 Å². The van der Waals surface area contributed by atoms with Gasteiger partial charge in [0.2, 0.25) is 0 Å². The maximum absolute atomic E-state index is 12.8. The Kier molecular flexibility index (Phi) is 12.1. The van der Waals surface area contributed by atoms with Crippen molar-refractivity contribution in [3.63, 3.8) is 0 Å². The molecule has 48 heavy (non-hydrogen) atoms. The smallest absolute Gasteiger partial charge is 0.383 e. The molecule has 256 valence electrons. The highest BCUT2D eigenvalue weighted by atomic mass is 35.5. The van der Waals surface area contributed by atoms with Crippen LogP contribution < -0.4 is 11.5 Å². The van der Waals surface area contributed by atoms with Gasteiger partial charge >= 0.3 is 12.4 Å². The van der Waals surface area contributed by atoms with Crippen molar-refractivity contribution in [2.45, 2.75) is 36.0 Å². The normalized spacial score (nSPS) is 12.9. The molecule has 22 heteroatoms. The molecule has 2 heterocycles. The Balaban J connectivity index is 0.000000260. The number of hydrogen-bond acceptors (Lipinski definition) is 8. The van der Waals surface area contributed by atoms with Gasteiger partial charge in [-0.25, -0.2) is 9.36 Å². The molecule has 2 aromatic carbocycles. The van der Waals surface area contributed by atoms with Gasteiger partial charge < -0.3 is 11.5 Å². The van der Waals surface area contributed by atoms with E-state index in [1.54, 1.807) is 26.0 Å². The standard InChI is InChI=1S/2C13H9Cl2F3N4OS/c2*1-2-24(23)11-9(5-19)21-22(12(11)20)10-7(14)3-6(4-8(10)15)13(16,17)18/h2*3-4H,2,20H2,1H3. The van der Waals surface area contributed by atoms with Crippen LogP contribution in [0.5, 0.6) is 0 Å². The Labute approximate surface area is 292 Å². The minimum absolute atomic E-state index is 0.00738. The van der Waals surface area contributed by atoms with Crippen molar-refractivity contribution >= 4 is 79.6 Å². The molecule has 0 fully saturated rings. The summed E-state index contributed by atoms with van der Waals surface area (Å²) in [6.07, 6.45) is -9.26. The minimum Gasteiger partial charge on any atom is -0.383 e. The van der Waals surface area contributed by atoms with Gasteiger partial charge in [0.15, 0.2) is 11.4 Å². The monoisotopic (exact) mass is 792 g/mol. The number of alkyl halides is 6. The van der Waals surface area contributed by atoms with E-state index in [1.807, 2.05) is 0 Å². The molecule has 0 saturated carbocycles. The lowest BCUT2D eigenvalue weighted by atomic mass is 10.2. The molecule has 0 amide bonds. The fraction of sp³-hybridized carbons (Fsp3) is 0.231. The molecule has 0 bridgehead atoms. The van der Waals surface area contributed by atoms with Gasteiger partial charge in [-0.05, 0) is 24.3 Å². The van der Waals surface area contributed by atoms with Gasteiger partial charge in [-0.15, -0.1) is 0 Å². The first-order valence-electron chi connectivity index (χ1n) is 12.7. The fourth-order valence-corrected chi connectivity index (χ4v) is 7.04. The summed E-state index contributed by atoms with van der Waals surface area (Å²) in [4.78, 5) is -0.0148. The van der Waals surface area contributed by atoms with Crippen molar-refractivity contribution in [2.75, 3.05) is 23.0 Å². The molecule has 0 radical (unpaired) electrons. The van der Waals surface area contributed by atoms with Crippen molar-refractivity contribution < 1.29 is 34.8 Å². The summed E-state index contributed by atoms with van der Waals surface area (Å²) in [6.45, 7) is 3.23. The van der Waals surface area contributed by atoms with E-state index in [0.29, 0.717) is 24.3 Å². The number of nitriles is 2. The first kappa shape index (κ1) is 38.9. The van der Waals surface area contributed by atoms with Crippen molar-refractivity contribution in [3.05, 3.63) is 66.9 Å². The molecule has 4 aromatic rings. The molecule has 2 unspecified atom stereocenters. The average Bonchev–Trinajstić information content (AvgIpc) is 3.50. The number of anilines is 2. The Morgan fingerprint density at radius 2 is 0.958 bits per heavy atom. The summed E-state index contributed by atoms with van der Waals surface area (Å²) < 4.78 is 103. The number of aromatic nitrogens is 4. The Morgan fingerprint density at radius 3 is 1.17 bits per heavy atom. The van der Waals surface area contributed by atoms with E-state index in [0.717, 1.165) is 9.36 Å². The third-order valence-corrected chi connectivity index (χ3v) is 9.97. The molecule has 2 aromatic heterocycles. The van der Waals surface area contributed by atoms with E-state index < -0.39 is 45.1 Å². The van der Waals surface area contributed by atoms with E-state index in [1.165, 1.54) is 0 Å². The molecular formula is C26H18Cl4F6N8O2S2. The number of hydrogen-bond donors (Lipinski definition) is 2. The number of nitrogen functional groups attached to an aromatic ring is 2. The van der Waals surface area contributed by atoms with Crippen molar-refractivity contribution in [1.29, 1.82) is 10.5 Å². The lowest BCUT2D eigenvalue weighted by molar-refractivity contribution is -0.138. The van der Waals surface area contributed by atoms with Crippen molar-refractivity contribution in [2.24, 2.45) is 0 Å². The largest absolute Gasteiger partial charge is 0.416 e. The highest BCUT2D eigenvalue weighted by molar-refractivity contribution is 7.85. The van der Waals surface area contributed by atoms with Crippen LogP contribution in [0.3, 0.4) is 0 Å². The van der Waals surface area contributed by atoms with Crippen LogP contribution in [-0.2, 0) is 34.0 Å². The molecule has 0 spiro atoms. The molecule has 0 saturated heterocycles. The Hall–Kier alpha value is -3.52. The number of rotatable bonds is 6. The number of nitrogens with zero attached hydrogens (tertiary/aromatic N) is 6. The van der Waals surface area contributed by atoms with E-state index in [9.17, 15) is 34.8 Å². The van der Waals surface area contributed by atoms with E-state index in [2.05, 4.69) is 10.2 Å². The fourth-order valence-electron chi connectivity index (χ4n) is 3.92. The van der Waals surface area contributed by atoms with Crippen LogP contribution >= 0.6 is 46.4 Å². The summed E-state index contributed by atoms with van der Waals surface area (Å²) in [7, 11) is -3.19. The zero-order valence-corrected chi connectivity index (χ0v) is 28.6. The van der Waals surface area contributed by atoms with Crippen molar-refractivity contribution in [1.82, 2.24) is 19.6 Å². The quantitative estimate of drug-likeness (QED) is 0.189. The second-order valence-electron chi connectivity index (χ2n) is 9.01. The van der Waals surface area contributed by atoms with Gasteiger partial charge in [-0.1, -0.05) is 60.3 Å². The molecule has 10 nitrogen and oxygen atoms in total. The highest BCUT2D eigenvalue weighted by Gasteiger charge is 2.34. The molecule has 0 aliphatic carbocycles. The lowest BCUT2D eigenvalue weighted by Crippen LogP contribution is -2.09. The van der Waals surface area contributed by atoms with Crippen LogP contribution in [0.2, 0.25) is 20.1 Å². The average molecular weight is 794 g/mol. The molecule has 4 rings (SSSR count). The molecule has 2 atom stereocenters. The van der Waals surface area contributed by atoms with E-state index in [4.69, 9.17) is 68.4 Å². The third kappa shape index (κ3) is 7.85. The molecule has 4 N–H and O–H groups in total. The molecular weight excluding hydrogens is 776 g/mol. The SMILES string of the molecule is CCS(=O)c1c(C#N)nn(-c2c(Cl)cc(C(F)(F)F)cc2Cl)c1N.CCS(=O)c1c(C#N)nn(-c2c(Cl)cc(C(F)(F)F)cc2Cl)c1N. The summed E-state index contributed by atoms with van der Waals surface area (Å²) in [6, 6.07) is 6.18. The first-order valence-corrected chi connectivity index (χ1v) is 16.8. The number of halogens is 10. The lowest BCUT2D eigenvalue weighted by Gasteiger charge is -2.13. The van der Waals surface area contributed by atoms with E-state index >= 15 is 0 Å². The van der Waals surface area contributed by atoms with Crippen LogP contribution in [0.1, 0.15) is 36.4 Å². The highest BCUT2D eigenvalue weighted by Crippen LogP contribution is 2.40. The van der Waals surface area contributed by atoms with Crippen LogP contribution in [0.15, 0.2) is 34.1 Å². The number of benzene rings is 2. The van der Waals surface area contributed by atoms with Crippen LogP contribution in [0, 0.1) is 22.7 Å². The van der Waals surface area contributed by atoms with Gasteiger partial charge in [-0.3, -0.25) is 8.42 Å². The van der Waals surface area contributed by atoms with Crippen LogP contribution in [-0.4, -0.2) is 39.5 Å². The summed E-state index contributed by atoms with van der Waals surface area (Å²) in [5, 5.41) is 24.5. The van der Waals surface area contributed by atoms with E-state index in [-0.39, 0.29) is 75.8 Å². The zero-order valence-electron chi connectivity index (χ0n) is 24.0. The maximum atomic E-state index is 12.8. The summed E-state index contributed by atoms with van der Waals surface area (Å²) in [5.41, 5.74) is 8.99. The predicted molar refractivity (Wildman–Crippen MR) is 169 cm³/mol. The number of nitrogens with two attached hydrogens (primary N) is 2. The Bertz CT molecular complexity index is 1840. The Morgan fingerprint density at radius 1 is 0.688 bits per heavy atom. The first-order chi connectivity index (χ1) is 22.2. The zero-order chi connectivity index (χ0) is 36.5. The summed E-state index contributed by atoms with van der Waals surface area (Å²) in [5.74, 6) is 0.0172. The second kappa shape index (κ2) is 14.9. The predicted octanol–water partition coefficient (Wildman–Crippen LogP) is 7.56. The van der Waals surface area contributed by atoms with Gasteiger partial charge in [0.05, 0.1) is 52.8 Å². The van der Waals surface area contributed by atoms with Crippen molar-refractivity contribution in [3.8, 4) is 23.5 Å². The second-order valence-corrected chi connectivity index (χ2v) is 14.0. The minimum atomic E-state index is -4.63. The maximum Gasteiger partial charge on any atom is 0.416 e. The third-order valence-electron chi connectivity index (χ3n) is 6.06. The summed E-state index contributed by atoms with van der Waals surface area (Å²) >= 11 is 23.6. The van der Waals surface area contributed by atoms with Gasteiger partial charge in [-0.2, -0.15) is 47.1 Å². The molecule has 0 aliphatic heterocycles. The van der Waals surface area contributed by atoms with Gasteiger partial charge in [0.25, 0.3) is 0 Å². The van der Waals surface area contributed by atoms with Gasteiger partial charge in [0.1, 0.15) is 44.9 Å². The van der Waals surface area contributed by atoms with Crippen LogP contribution in [0.25, 0.3) is 11.4 Å². The van der Waals surface area contributed by atoms with Gasteiger partial charge in [0, 0.05) is 11.5 Å².